The van der Waals surface area contributed by atoms with Crippen molar-refractivity contribution in [2.75, 3.05) is 0 Å². The van der Waals surface area contributed by atoms with E-state index in [-0.39, 0.29) is 5.56 Å². The van der Waals surface area contributed by atoms with Crippen LogP contribution in [0.25, 0.3) is 0 Å². The number of hydrogen-bond acceptors (Lipinski definition) is 5. The zero-order valence-electron chi connectivity index (χ0n) is 6.68. The van der Waals surface area contributed by atoms with E-state index in [1.165, 1.54) is 18.6 Å². The van der Waals surface area contributed by atoms with Crippen LogP contribution in [0, 0.1) is 0 Å². The predicted molar refractivity (Wildman–Crippen MR) is 44.7 cm³/mol. The number of aromatic nitrogens is 2. The molecule has 0 aliphatic heterocycles. The molecule has 8 nitrogen and oxygen atoms in total. The van der Waals surface area contributed by atoms with Gasteiger partial charge in [-0.2, -0.15) is 5.12 Å². The number of rotatable bonds is 0. The van der Waals surface area contributed by atoms with Crippen molar-refractivity contribution in [1.29, 1.82) is 0 Å². The zero-order chi connectivity index (χ0) is 10.3. The Balaban J connectivity index is 0.000000226. The molecule has 1 rings (SSSR count). The Kier molecular flexibility index (Phi) is 4.84. The van der Waals surface area contributed by atoms with Gasteiger partial charge in [-0.25, -0.2) is 21.5 Å². The van der Waals surface area contributed by atoms with Crippen molar-refractivity contribution in [3.05, 3.63) is 28.9 Å². The lowest BCUT2D eigenvalue weighted by molar-refractivity contribution is 0.210. The molecule has 0 aliphatic rings. The number of carbonyl (C=O) groups excluding carboxylic acids is 1. The third-order valence-electron chi connectivity index (χ3n) is 0.848. The molecule has 8 heteroatoms. The number of aromatic amines is 1. The highest BCUT2D eigenvalue weighted by atomic mass is 16.2. The number of urea groups is 1. The summed E-state index contributed by atoms with van der Waals surface area (Å²) in [5.41, 5.74) is 4.36. The highest BCUT2D eigenvalue weighted by Gasteiger charge is 1.90. The van der Waals surface area contributed by atoms with Gasteiger partial charge < -0.3 is 10.7 Å². The molecule has 72 valence electrons. The van der Waals surface area contributed by atoms with Crippen LogP contribution in [0.2, 0.25) is 0 Å². The molecule has 0 radical (unpaired) electrons. The summed E-state index contributed by atoms with van der Waals surface area (Å²) in [4.78, 5) is 25.7. The van der Waals surface area contributed by atoms with Crippen molar-refractivity contribution in [2.45, 2.75) is 0 Å². The van der Waals surface area contributed by atoms with Gasteiger partial charge in [0.15, 0.2) is 0 Å². The monoisotopic (exact) mass is 186 g/mol. The fourth-order valence-electron chi connectivity index (χ4n) is 0.303. The molecule has 1 aromatic rings. The van der Waals surface area contributed by atoms with E-state index in [1.807, 2.05) is 0 Å². The van der Waals surface area contributed by atoms with Crippen LogP contribution in [0.15, 0.2) is 23.4 Å². The Bertz CT molecular complexity index is 290. The second kappa shape index (κ2) is 5.69. The van der Waals surface area contributed by atoms with E-state index in [1.54, 1.807) is 0 Å². The lowest BCUT2D eigenvalue weighted by Gasteiger charge is -2.00. The molecule has 7 N–H and O–H groups in total. The predicted octanol–water partition coefficient (Wildman–Crippen LogP) is -2.12. The maximum absolute atomic E-state index is 10.2. The summed E-state index contributed by atoms with van der Waals surface area (Å²) in [6, 6.07) is 0.509. The van der Waals surface area contributed by atoms with Crippen LogP contribution in [0.4, 0.5) is 4.79 Å². The van der Waals surface area contributed by atoms with Crippen LogP contribution in [0.3, 0.4) is 0 Å². The standard InChI is InChI=1S/C4H4N2O.CH6N4O/c7-4-1-2-5-3-6-4;2-1(6)5(3)4/h1-3H,(H,5,6,7);3-4H2,(H2,2,6). The normalized spacial score (nSPS) is 8.15. The molecule has 0 saturated carbocycles. The number of primary amides is 1. The fourth-order valence-corrected chi connectivity index (χ4v) is 0.303. The molecule has 0 spiro atoms. The maximum atomic E-state index is 10.2. The molecule has 0 fully saturated rings. The van der Waals surface area contributed by atoms with Crippen LogP contribution in [-0.4, -0.2) is 21.1 Å². The van der Waals surface area contributed by atoms with Crippen molar-refractivity contribution in [3.8, 4) is 0 Å². The summed E-state index contributed by atoms with van der Waals surface area (Å²) in [6.45, 7) is 0. The number of amides is 2. The van der Waals surface area contributed by atoms with Crippen LogP contribution in [0.1, 0.15) is 0 Å². The molecule has 1 heterocycles. The van der Waals surface area contributed by atoms with E-state index in [4.69, 9.17) is 0 Å². The number of nitrogens with zero attached hydrogens (tertiary/aromatic N) is 2. The minimum atomic E-state index is -0.852. The van der Waals surface area contributed by atoms with E-state index >= 15 is 0 Å². The minimum Gasteiger partial charge on any atom is -0.349 e. The SMILES string of the molecule is NC(=O)N(N)N.O=c1ccnc[nH]1. The van der Waals surface area contributed by atoms with Crippen LogP contribution in [0.5, 0.6) is 0 Å². The van der Waals surface area contributed by atoms with Crippen molar-refractivity contribution in [2.24, 2.45) is 17.4 Å². The number of carbonyl (C=O) groups is 1. The lowest BCUT2D eigenvalue weighted by Crippen LogP contribution is -2.46. The molecule has 0 bridgehead atoms. The van der Waals surface area contributed by atoms with Crippen molar-refractivity contribution >= 4 is 6.03 Å². The average Bonchev–Trinajstić information content (AvgIpc) is 2.06. The van der Waals surface area contributed by atoms with Gasteiger partial charge >= 0.3 is 6.03 Å². The van der Waals surface area contributed by atoms with Gasteiger partial charge in [0.05, 0.1) is 6.33 Å². The molecule has 0 atom stereocenters. The summed E-state index contributed by atoms with van der Waals surface area (Å²) in [6.07, 6.45) is 2.79. The first kappa shape index (κ1) is 11.1. The number of H-pyrrole nitrogens is 1. The summed E-state index contributed by atoms with van der Waals surface area (Å²) >= 11 is 0. The van der Waals surface area contributed by atoms with Crippen LogP contribution < -0.4 is 23.0 Å². The second-order valence-electron chi connectivity index (χ2n) is 1.85. The van der Waals surface area contributed by atoms with Gasteiger partial charge in [0.1, 0.15) is 0 Å². The van der Waals surface area contributed by atoms with E-state index in [9.17, 15) is 9.59 Å². The van der Waals surface area contributed by atoms with E-state index in [2.05, 4.69) is 27.4 Å². The molecule has 0 aromatic carbocycles. The van der Waals surface area contributed by atoms with Crippen LogP contribution in [-0.2, 0) is 0 Å². The molecular formula is C5H10N6O2. The highest BCUT2D eigenvalue weighted by molar-refractivity contribution is 5.70. The molecule has 2 amide bonds. The first-order valence-electron chi connectivity index (χ1n) is 3.11. The van der Waals surface area contributed by atoms with Gasteiger partial charge in [0.2, 0.25) is 0 Å². The van der Waals surface area contributed by atoms with Gasteiger partial charge in [0.25, 0.3) is 5.56 Å². The van der Waals surface area contributed by atoms with Gasteiger partial charge in [-0.15, -0.1) is 0 Å². The number of nitrogens with two attached hydrogens (primary N) is 3. The number of nitrogens with one attached hydrogen (secondary N) is 1. The van der Waals surface area contributed by atoms with E-state index < -0.39 is 6.03 Å². The van der Waals surface area contributed by atoms with Crippen molar-refractivity contribution < 1.29 is 4.79 Å². The summed E-state index contributed by atoms with van der Waals surface area (Å²) < 4.78 is 0. The van der Waals surface area contributed by atoms with Crippen molar-refractivity contribution in [3.63, 3.8) is 0 Å². The quantitative estimate of drug-likeness (QED) is 0.208. The largest absolute Gasteiger partial charge is 0.349 e. The van der Waals surface area contributed by atoms with Crippen molar-refractivity contribution in [1.82, 2.24) is 15.1 Å². The summed E-state index contributed by atoms with van der Waals surface area (Å²) in [5, 5.41) is 0.306. The van der Waals surface area contributed by atoms with Crippen LogP contribution >= 0.6 is 0 Å². The van der Waals surface area contributed by atoms with E-state index in [0.29, 0.717) is 5.12 Å². The lowest BCUT2D eigenvalue weighted by atomic mass is 10.7. The average molecular weight is 186 g/mol. The molecule has 13 heavy (non-hydrogen) atoms. The van der Waals surface area contributed by atoms with Gasteiger partial charge in [0, 0.05) is 12.3 Å². The Hall–Kier alpha value is -1.93. The Labute approximate surface area is 73.3 Å². The smallest absolute Gasteiger partial charge is 0.343 e. The van der Waals surface area contributed by atoms with Gasteiger partial charge in [-0.3, -0.25) is 4.79 Å². The Morgan fingerprint density at radius 3 is 2.23 bits per heavy atom. The van der Waals surface area contributed by atoms with Gasteiger partial charge in [-0.1, -0.05) is 0 Å². The second-order valence-corrected chi connectivity index (χ2v) is 1.85. The molecule has 1 aromatic heterocycles. The Morgan fingerprint density at radius 1 is 1.54 bits per heavy atom. The topological polar surface area (TPSA) is 144 Å². The third-order valence-corrected chi connectivity index (χ3v) is 0.848. The van der Waals surface area contributed by atoms with E-state index in [0.717, 1.165) is 0 Å². The first-order valence-corrected chi connectivity index (χ1v) is 3.11. The zero-order valence-corrected chi connectivity index (χ0v) is 6.68. The molecule has 0 unspecified atom stereocenters. The molecule has 0 saturated heterocycles. The fraction of sp³-hybridized carbons (Fsp3) is 0. The highest BCUT2D eigenvalue weighted by Crippen LogP contribution is 1.57. The third kappa shape index (κ3) is 6.47. The number of hydrogen-bond donors (Lipinski definition) is 4. The first-order chi connectivity index (χ1) is 6.04. The summed E-state index contributed by atoms with van der Waals surface area (Å²) in [5.74, 6) is 9.14. The summed E-state index contributed by atoms with van der Waals surface area (Å²) in [7, 11) is 0. The Morgan fingerprint density at radius 2 is 2.08 bits per heavy atom. The minimum absolute atomic E-state index is 0.116. The number of hydrazine groups is 2. The maximum Gasteiger partial charge on any atom is 0.343 e. The van der Waals surface area contributed by atoms with Gasteiger partial charge in [-0.05, 0) is 0 Å². The molecule has 0 aliphatic carbocycles. The molecular weight excluding hydrogens is 176 g/mol.